The summed E-state index contributed by atoms with van der Waals surface area (Å²) in [6.07, 6.45) is 24.8. The van der Waals surface area contributed by atoms with Gasteiger partial charge in [-0.3, -0.25) is 4.57 Å². The Kier molecular flexibility index (Phi) is 7.04. The van der Waals surface area contributed by atoms with Crippen LogP contribution >= 0.6 is 0 Å². The summed E-state index contributed by atoms with van der Waals surface area (Å²) in [7, 11) is 0. The highest BCUT2D eigenvalue weighted by atomic mass is 16.5. The summed E-state index contributed by atoms with van der Waals surface area (Å²) in [5, 5.41) is 0.485. The van der Waals surface area contributed by atoms with Crippen molar-refractivity contribution in [3.8, 4) is 28.8 Å². The van der Waals surface area contributed by atoms with Crippen LogP contribution in [-0.4, -0.2) is 49.1 Å². The molecule has 336 valence electrons. The number of aromatic nitrogens is 4. The molecule has 0 atom stereocenters. The van der Waals surface area contributed by atoms with E-state index in [1.807, 2.05) is 30.4 Å². The average molecular weight is 927 g/mol. The molecule has 8 heterocycles. The lowest BCUT2D eigenvalue weighted by Crippen LogP contribution is -2.36. The fourth-order valence-electron chi connectivity index (χ4n) is 10.4. The molecule has 0 amide bonds. The van der Waals surface area contributed by atoms with E-state index in [4.69, 9.17) is 29.8 Å². The number of ether oxygens (including phenoxy) is 1. The highest BCUT2D eigenvalue weighted by Crippen LogP contribution is 2.50. The average Bonchev–Trinajstić information content (AvgIpc) is 2.20. The zero-order chi connectivity index (χ0) is 57.3. The van der Waals surface area contributed by atoms with Gasteiger partial charge in [-0.05, 0) is 120 Å². The van der Waals surface area contributed by atoms with Gasteiger partial charge in [0.2, 0.25) is 11.8 Å². The smallest absolute Gasteiger partial charge is 0.320 e. The largest absolute Gasteiger partial charge is 0.439 e. The predicted octanol–water partition coefficient (Wildman–Crippen LogP) is 13.5. The summed E-state index contributed by atoms with van der Waals surface area (Å²) in [6, 6.07) is 25.0. The summed E-state index contributed by atoms with van der Waals surface area (Å²) in [6.45, 7) is -2.76. The van der Waals surface area contributed by atoms with Gasteiger partial charge in [0.15, 0.2) is 0 Å². The lowest BCUT2D eigenvalue weighted by Gasteiger charge is -2.35. The molecular weight excluding hydrogens is 870 g/mol. The first-order valence-electron chi connectivity index (χ1n) is 29.2. The molecule has 11 heteroatoms. The van der Waals surface area contributed by atoms with E-state index in [0.717, 1.165) is 43.7 Å². The van der Waals surface area contributed by atoms with Crippen LogP contribution in [0.15, 0.2) is 237 Å². The Morgan fingerprint density at radius 3 is 2.04 bits per heavy atom. The molecule has 6 aromatic carbocycles. The van der Waals surface area contributed by atoms with Gasteiger partial charge in [0, 0.05) is 39.6 Å². The molecular formula is C60H44B2N8O. The second-order valence-electron chi connectivity index (χ2n) is 17.5. The molecule has 0 saturated carbocycles. The molecule has 0 spiro atoms. The maximum atomic E-state index is 9.22. The second kappa shape index (κ2) is 16.5. The maximum absolute atomic E-state index is 9.22. The monoisotopic (exact) mass is 926 g/mol. The molecule has 0 aliphatic carbocycles. The van der Waals surface area contributed by atoms with Gasteiger partial charge in [-0.25, -0.2) is 9.97 Å². The van der Waals surface area contributed by atoms with Crippen LogP contribution in [0.25, 0.3) is 61.0 Å². The van der Waals surface area contributed by atoms with Crippen molar-refractivity contribution < 1.29 is 21.2 Å². The number of imidazole rings is 1. The molecule has 71 heavy (non-hydrogen) atoms. The van der Waals surface area contributed by atoms with Crippen LogP contribution < -0.4 is 14.5 Å². The molecule has 3 aromatic heterocycles. The van der Waals surface area contributed by atoms with Gasteiger partial charge < -0.3 is 28.7 Å². The van der Waals surface area contributed by atoms with Crippen LogP contribution in [-0.2, 0) is 6.98 Å². The topological polar surface area (TPSA) is 57.8 Å². The van der Waals surface area contributed by atoms with Crippen LogP contribution in [0, 0.1) is 0 Å². The van der Waals surface area contributed by atoms with Crippen molar-refractivity contribution in [2.45, 2.75) is 0 Å². The number of rotatable bonds is 8. The molecule has 14 rings (SSSR count). The third-order valence-electron chi connectivity index (χ3n) is 13.5. The molecule has 9 aromatic rings. The number of pyridine rings is 1. The Bertz CT molecular complexity index is 4470. The number of hydrogen-bond acceptors (Lipinski definition) is 7. The first kappa shape index (κ1) is 30.3. The standard InChI is InChI=1S/C60H44B2N8O/c1-65-54-27-8-6-25-51(54)64-60(65)70-53-26-7-5-20-45(53)46-31-30-44(40-57(46)70)71-58-39-43(38-52(63-58)42-18-3-2-4-19-42)68-41-69(56-29-10-9-28-55(56)68)59-47(49-23-16-36-66-34-13-11-32-61(49)66)21-15-22-48(59)50-24-17-37-67-35-14-12-33-62(50)67/h2-40H,41H2,1H3/i1D3,2D,3D,4D,5D,7D,18D,19D,20D,26D. The number of allylic oxidation sites excluding steroid dienone is 8. The molecule has 0 saturated heterocycles. The molecule has 9 nitrogen and oxygen atoms in total. The van der Waals surface area contributed by atoms with E-state index in [1.165, 1.54) is 4.57 Å². The lowest BCUT2D eigenvalue weighted by atomic mass is 9.48. The Morgan fingerprint density at radius 1 is 0.592 bits per heavy atom. The van der Waals surface area contributed by atoms with Crippen molar-refractivity contribution in [1.29, 1.82) is 0 Å². The van der Waals surface area contributed by atoms with Crippen molar-refractivity contribution in [3.63, 3.8) is 0 Å². The zero-order valence-corrected chi connectivity index (χ0v) is 37.7. The third-order valence-corrected chi connectivity index (χ3v) is 13.5. The number of para-hydroxylation sites is 6. The van der Waals surface area contributed by atoms with Gasteiger partial charge in [-0.2, -0.15) is 0 Å². The minimum absolute atomic E-state index is 0.00393. The SMILES string of the molecule is [2H]c1c([2H])c([2H])c(-c2cc(N3CN(c4c(C5=CC=CN6C=CC=CB56)cccc4C4=CC=CN5C=CC=CB45)c4ccccc43)cc(Oc3ccc4c5c([2H])c([2H])c([2H])c([2H])c5n(-c5nc6ccccc6n5C([2H])([2H])[2H])c4c3)n2)c([2H])c1[2H]. The minimum Gasteiger partial charge on any atom is -0.439 e. The van der Waals surface area contributed by atoms with E-state index < -0.39 is 55.3 Å². The molecule has 0 bridgehead atoms. The second-order valence-corrected chi connectivity index (χ2v) is 17.5. The van der Waals surface area contributed by atoms with E-state index in [2.05, 4.69) is 117 Å². The van der Waals surface area contributed by atoms with Crippen molar-refractivity contribution in [1.82, 2.24) is 28.7 Å². The Morgan fingerprint density at radius 2 is 1.28 bits per heavy atom. The highest BCUT2D eigenvalue weighted by Gasteiger charge is 2.37. The van der Waals surface area contributed by atoms with Gasteiger partial charge in [-0.1, -0.05) is 127 Å². The first-order valence-corrected chi connectivity index (χ1v) is 23.2. The van der Waals surface area contributed by atoms with E-state index in [1.54, 1.807) is 54.6 Å². The lowest BCUT2D eigenvalue weighted by molar-refractivity contribution is 0.464. The Labute approximate surface area is 429 Å². The summed E-state index contributed by atoms with van der Waals surface area (Å²) in [5.74, 6) is 4.33. The fourth-order valence-corrected chi connectivity index (χ4v) is 10.4. The number of fused-ring (bicyclic) bond motifs is 7. The predicted molar refractivity (Wildman–Crippen MR) is 293 cm³/mol. The van der Waals surface area contributed by atoms with Gasteiger partial charge in [0.1, 0.15) is 12.4 Å². The number of nitrogens with zero attached hydrogens (tertiary/aromatic N) is 8. The number of hydrogen-bond donors (Lipinski definition) is 0. The molecule has 0 fully saturated rings. The summed E-state index contributed by atoms with van der Waals surface area (Å²) < 4.78 is 115. The summed E-state index contributed by atoms with van der Waals surface area (Å²) in [5.41, 5.74) is 7.98. The van der Waals surface area contributed by atoms with Gasteiger partial charge >= 0.3 is 13.7 Å². The van der Waals surface area contributed by atoms with Crippen molar-refractivity contribution in [2.75, 3.05) is 16.5 Å². The first-order chi connectivity index (χ1) is 40.1. The van der Waals surface area contributed by atoms with E-state index in [9.17, 15) is 1.37 Å². The Balaban J connectivity index is 0.962. The molecule has 5 aliphatic heterocycles. The minimum atomic E-state index is -2.79. The number of anilines is 4. The summed E-state index contributed by atoms with van der Waals surface area (Å²) in [4.78, 5) is 18.4. The molecule has 0 N–H and O–H groups in total. The normalized spacial score (nSPS) is 18.1. The highest BCUT2D eigenvalue weighted by molar-refractivity contribution is 6.83. The van der Waals surface area contributed by atoms with Crippen LogP contribution in [0.4, 0.5) is 22.7 Å². The van der Waals surface area contributed by atoms with Crippen LogP contribution in [0.1, 0.15) is 27.6 Å². The number of aryl methyl sites for hydroxylation is 1. The van der Waals surface area contributed by atoms with Crippen molar-refractivity contribution in [2.24, 2.45) is 6.98 Å². The van der Waals surface area contributed by atoms with E-state index in [0.29, 0.717) is 16.6 Å². The van der Waals surface area contributed by atoms with Crippen molar-refractivity contribution >= 4 is 80.2 Å². The van der Waals surface area contributed by atoms with Gasteiger partial charge in [-0.15, -0.1) is 0 Å². The Hall–Kier alpha value is -9.21. The quantitative estimate of drug-likeness (QED) is 0.141. The van der Waals surface area contributed by atoms with Crippen LogP contribution in [0.2, 0.25) is 0 Å². The van der Waals surface area contributed by atoms with Crippen LogP contribution in [0.3, 0.4) is 0 Å². The molecule has 0 unspecified atom stereocenters. The maximum Gasteiger partial charge on any atom is 0.320 e. The molecule has 5 aliphatic rings. The number of benzene rings is 6. The van der Waals surface area contributed by atoms with Crippen molar-refractivity contribution in [3.05, 3.63) is 248 Å². The van der Waals surface area contributed by atoms with Crippen LogP contribution in [0.5, 0.6) is 11.6 Å². The van der Waals surface area contributed by atoms with E-state index in [-0.39, 0.29) is 77.2 Å². The van der Waals surface area contributed by atoms with Gasteiger partial charge in [0.05, 0.1) is 62.8 Å². The van der Waals surface area contributed by atoms with Gasteiger partial charge in [0.25, 0.3) is 0 Å². The summed E-state index contributed by atoms with van der Waals surface area (Å²) >= 11 is 0. The zero-order valence-electron chi connectivity index (χ0n) is 49.7. The molecule has 0 radical (unpaired) electrons. The van der Waals surface area contributed by atoms with E-state index >= 15 is 0 Å². The fraction of sp³-hybridized carbons (Fsp3) is 0.0333. The third kappa shape index (κ3) is 6.72.